The first-order valence-corrected chi connectivity index (χ1v) is 8.32. The fourth-order valence-electron chi connectivity index (χ4n) is 2.97. The van der Waals surface area contributed by atoms with Crippen molar-refractivity contribution in [2.45, 2.75) is 45.6 Å². The number of hydrogen-bond acceptors (Lipinski definition) is 5. The van der Waals surface area contributed by atoms with Gasteiger partial charge in [0.25, 0.3) is 0 Å². The summed E-state index contributed by atoms with van der Waals surface area (Å²) >= 11 is 0. The summed E-state index contributed by atoms with van der Waals surface area (Å²) in [6.07, 6.45) is 4.01. The van der Waals surface area contributed by atoms with E-state index in [9.17, 15) is 9.90 Å². The van der Waals surface area contributed by atoms with E-state index in [1.807, 2.05) is 25.2 Å². The number of rotatable bonds is 2. The molecule has 1 aliphatic heterocycles. The molecule has 1 amide bonds. The van der Waals surface area contributed by atoms with E-state index in [0.717, 1.165) is 30.7 Å². The van der Waals surface area contributed by atoms with E-state index in [-0.39, 0.29) is 11.8 Å². The molecule has 3 heterocycles. The van der Waals surface area contributed by atoms with Crippen LogP contribution in [0.1, 0.15) is 39.4 Å². The highest BCUT2D eigenvalue weighted by Gasteiger charge is 2.27. The molecule has 130 valence electrons. The molecule has 7 nitrogen and oxygen atoms in total. The van der Waals surface area contributed by atoms with Crippen LogP contribution in [-0.2, 0) is 11.2 Å². The quantitative estimate of drug-likeness (QED) is 0.914. The van der Waals surface area contributed by atoms with Crippen LogP contribution in [0.4, 0.5) is 4.79 Å². The van der Waals surface area contributed by atoms with Crippen LogP contribution < -0.4 is 0 Å². The second-order valence-corrected chi connectivity index (χ2v) is 7.35. The summed E-state index contributed by atoms with van der Waals surface area (Å²) in [5.41, 5.74) is 0.269. The second-order valence-electron chi connectivity index (χ2n) is 7.35. The minimum Gasteiger partial charge on any atom is -0.506 e. The largest absolute Gasteiger partial charge is 0.506 e. The Labute approximate surface area is 141 Å². The zero-order valence-corrected chi connectivity index (χ0v) is 14.4. The van der Waals surface area contributed by atoms with Crippen LogP contribution in [0.3, 0.4) is 0 Å². The van der Waals surface area contributed by atoms with Gasteiger partial charge in [-0.25, -0.2) is 4.79 Å². The number of pyridine rings is 1. The topological polar surface area (TPSA) is 80.0 Å². The SMILES string of the molecule is CC(C)(C)OC(=O)N1CCC(Cc2nnc3ccc(O)cn23)CC1. The van der Waals surface area contributed by atoms with Crippen LogP contribution in [0.5, 0.6) is 5.75 Å². The molecule has 1 aliphatic rings. The number of carbonyl (C=O) groups excluding carboxylic acids is 1. The van der Waals surface area contributed by atoms with Gasteiger partial charge in [-0.05, 0) is 51.7 Å². The summed E-state index contributed by atoms with van der Waals surface area (Å²) in [5.74, 6) is 1.48. The van der Waals surface area contributed by atoms with Gasteiger partial charge >= 0.3 is 6.09 Å². The Hall–Kier alpha value is -2.31. The van der Waals surface area contributed by atoms with E-state index >= 15 is 0 Å². The number of aromatic hydroxyl groups is 1. The summed E-state index contributed by atoms with van der Waals surface area (Å²) in [4.78, 5) is 13.9. The van der Waals surface area contributed by atoms with Crippen molar-refractivity contribution < 1.29 is 14.6 Å². The van der Waals surface area contributed by atoms with Gasteiger partial charge in [0.2, 0.25) is 0 Å². The lowest BCUT2D eigenvalue weighted by Gasteiger charge is -2.33. The highest BCUT2D eigenvalue weighted by atomic mass is 16.6. The van der Waals surface area contributed by atoms with Crippen molar-refractivity contribution in [2.24, 2.45) is 5.92 Å². The van der Waals surface area contributed by atoms with Crippen molar-refractivity contribution in [2.75, 3.05) is 13.1 Å². The fourth-order valence-corrected chi connectivity index (χ4v) is 2.97. The number of piperidine rings is 1. The van der Waals surface area contributed by atoms with E-state index in [4.69, 9.17) is 4.74 Å². The maximum atomic E-state index is 12.1. The van der Waals surface area contributed by atoms with Crippen molar-refractivity contribution in [1.82, 2.24) is 19.5 Å². The normalized spacial score (nSPS) is 16.5. The monoisotopic (exact) mass is 332 g/mol. The predicted molar refractivity (Wildman–Crippen MR) is 88.9 cm³/mol. The zero-order chi connectivity index (χ0) is 17.3. The summed E-state index contributed by atoms with van der Waals surface area (Å²) in [7, 11) is 0. The van der Waals surface area contributed by atoms with Gasteiger partial charge in [-0.1, -0.05) is 0 Å². The molecule has 0 unspecified atom stereocenters. The van der Waals surface area contributed by atoms with E-state index in [2.05, 4.69) is 10.2 Å². The first kappa shape index (κ1) is 16.5. The van der Waals surface area contributed by atoms with Crippen molar-refractivity contribution in [1.29, 1.82) is 0 Å². The molecular weight excluding hydrogens is 308 g/mol. The van der Waals surface area contributed by atoms with Crippen LogP contribution in [0.15, 0.2) is 18.3 Å². The Morgan fingerprint density at radius 2 is 2.00 bits per heavy atom. The average Bonchev–Trinajstić information content (AvgIpc) is 2.88. The molecule has 24 heavy (non-hydrogen) atoms. The summed E-state index contributed by atoms with van der Waals surface area (Å²) in [5, 5.41) is 18.0. The molecule has 0 atom stereocenters. The van der Waals surface area contributed by atoms with Crippen molar-refractivity contribution in [3.05, 3.63) is 24.2 Å². The number of likely N-dealkylation sites (tertiary alicyclic amines) is 1. The Balaban J connectivity index is 1.59. The van der Waals surface area contributed by atoms with E-state index in [0.29, 0.717) is 19.0 Å². The third-order valence-electron chi connectivity index (χ3n) is 4.19. The number of ether oxygens (including phenoxy) is 1. The number of carbonyl (C=O) groups is 1. The van der Waals surface area contributed by atoms with Gasteiger partial charge < -0.3 is 14.7 Å². The van der Waals surface area contributed by atoms with Gasteiger partial charge in [0.05, 0.1) is 6.20 Å². The number of amides is 1. The average molecular weight is 332 g/mol. The van der Waals surface area contributed by atoms with E-state index in [1.165, 1.54) is 0 Å². The van der Waals surface area contributed by atoms with Gasteiger partial charge in [-0.3, -0.25) is 4.40 Å². The van der Waals surface area contributed by atoms with Gasteiger partial charge in [-0.15, -0.1) is 10.2 Å². The van der Waals surface area contributed by atoms with Crippen molar-refractivity contribution >= 4 is 11.7 Å². The molecule has 2 aromatic heterocycles. The number of hydrogen-bond donors (Lipinski definition) is 1. The minimum absolute atomic E-state index is 0.197. The second kappa shape index (κ2) is 6.30. The highest BCUT2D eigenvalue weighted by molar-refractivity contribution is 5.68. The van der Waals surface area contributed by atoms with Gasteiger partial charge in [0.1, 0.15) is 17.2 Å². The zero-order valence-electron chi connectivity index (χ0n) is 14.4. The molecule has 1 fully saturated rings. The smallest absolute Gasteiger partial charge is 0.410 e. The molecule has 0 aliphatic carbocycles. The Morgan fingerprint density at radius 3 is 2.67 bits per heavy atom. The van der Waals surface area contributed by atoms with Crippen LogP contribution in [-0.4, -0.2) is 49.4 Å². The predicted octanol–water partition coefficient (Wildman–Crippen LogP) is 2.62. The Bertz CT molecular complexity index is 727. The molecule has 0 saturated carbocycles. The van der Waals surface area contributed by atoms with Crippen LogP contribution in [0.2, 0.25) is 0 Å². The highest BCUT2D eigenvalue weighted by Crippen LogP contribution is 2.23. The maximum absolute atomic E-state index is 12.1. The van der Waals surface area contributed by atoms with Gasteiger partial charge in [0, 0.05) is 19.5 Å². The molecule has 1 N–H and O–H groups in total. The van der Waals surface area contributed by atoms with Gasteiger partial charge in [0.15, 0.2) is 5.65 Å². The fraction of sp³-hybridized carbons (Fsp3) is 0.588. The van der Waals surface area contributed by atoms with E-state index < -0.39 is 5.60 Å². The van der Waals surface area contributed by atoms with Crippen molar-refractivity contribution in [3.8, 4) is 5.75 Å². The van der Waals surface area contributed by atoms with Crippen molar-refractivity contribution in [3.63, 3.8) is 0 Å². The number of fused-ring (bicyclic) bond motifs is 1. The lowest BCUT2D eigenvalue weighted by Crippen LogP contribution is -2.42. The van der Waals surface area contributed by atoms with Crippen LogP contribution in [0, 0.1) is 5.92 Å². The molecule has 0 radical (unpaired) electrons. The molecule has 3 rings (SSSR count). The molecule has 0 bridgehead atoms. The number of nitrogens with zero attached hydrogens (tertiary/aromatic N) is 4. The summed E-state index contributed by atoms with van der Waals surface area (Å²) in [6.45, 7) is 7.03. The maximum Gasteiger partial charge on any atom is 0.410 e. The first-order chi connectivity index (χ1) is 11.3. The molecule has 7 heteroatoms. The Morgan fingerprint density at radius 1 is 1.29 bits per heavy atom. The minimum atomic E-state index is -0.462. The third kappa shape index (κ3) is 3.77. The van der Waals surface area contributed by atoms with Crippen LogP contribution in [0.25, 0.3) is 5.65 Å². The molecule has 0 aromatic carbocycles. The van der Waals surface area contributed by atoms with Gasteiger partial charge in [-0.2, -0.15) is 0 Å². The molecule has 2 aromatic rings. The molecular formula is C17H24N4O3. The molecule has 0 spiro atoms. The molecule has 1 saturated heterocycles. The Kier molecular flexibility index (Phi) is 4.34. The lowest BCUT2D eigenvalue weighted by atomic mass is 9.93. The summed E-state index contributed by atoms with van der Waals surface area (Å²) < 4.78 is 7.25. The van der Waals surface area contributed by atoms with E-state index in [1.54, 1.807) is 23.2 Å². The number of aromatic nitrogens is 3. The lowest BCUT2D eigenvalue weighted by molar-refractivity contribution is 0.0183. The summed E-state index contributed by atoms with van der Waals surface area (Å²) in [6, 6.07) is 3.35. The van der Waals surface area contributed by atoms with Crippen LogP contribution >= 0.6 is 0 Å². The third-order valence-corrected chi connectivity index (χ3v) is 4.19. The first-order valence-electron chi connectivity index (χ1n) is 8.32. The standard InChI is InChI=1S/C17H24N4O3/c1-17(2,3)24-16(23)20-8-6-12(7-9-20)10-15-19-18-14-5-4-13(22)11-21(14)15/h4-5,11-12,22H,6-10H2,1-3H3.